The molecule has 1 saturated heterocycles. The van der Waals surface area contributed by atoms with Crippen molar-refractivity contribution in [3.63, 3.8) is 0 Å². The summed E-state index contributed by atoms with van der Waals surface area (Å²) in [6.07, 6.45) is 4.13. The Balaban J connectivity index is 2.52. The normalized spacial score (nSPS) is 23.1. The molecule has 1 unspecified atom stereocenters. The summed E-state index contributed by atoms with van der Waals surface area (Å²) in [5, 5.41) is 0. The lowest BCUT2D eigenvalue weighted by Crippen LogP contribution is -2.08. The molecular weight excluding hydrogens is 136 g/mol. The molecule has 1 nitrogen and oxygen atoms in total. The third-order valence-electron chi connectivity index (χ3n) is 1.98. The van der Waals surface area contributed by atoms with Gasteiger partial charge >= 0.3 is 0 Å². The molecule has 1 heteroatoms. The van der Waals surface area contributed by atoms with Crippen molar-refractivity contribution >= 4 is 0 Å². The maximum absolute atomic E-state index is 5.43. The van der Waals surface area contributed by atoms with E-state index in [1.54, 1.807) is 6.08 Å². The molecule has 0 aliphatic carbocycles. The maximum atomic E-state index is 5.43. The summed E-state index contributed by atoms with van der Waals surface area (Å²) >= 11 is 0. The second-order valence-electron chi connectivity index (χ2n) is 2.76. The van der Waals surface area contributed by atoms with Crippen molar-refractivity contribution in [2.45, 2.75) is 18.9 Å². The zero-order chi connectivity index (χ0) is 8.27. The second-order valence-corrected chi connectivity index (χ2v) is 2.76. The molecule has 11 heavy (non-hydrogen) atoms. The average molecular weight is 150 g/mol. The first-order valence-corrected chi connectivity index (χ1v) is 3.88. The molecule has 0 aromatic carbocycles. The molecule has 60 valence electrons. The first kappa shape index (κ1) is 8.28. The summed E-state index contributed by atoms with van der Waals surface area (Å²) in [6.45, 7) is 12.2. The highest BCUT2D eigenvalue weighted by atomic mass is 16.5. The monoisotopic (exact) mass is 150 g/mol. The summed E-state index contributed by atoms with van der Waals surface area (Å²) < 4.78 is 5.43. The van der Waals surface area contributed by atoms with Gasteiger partial charge in [-0.1, -0.05) is 25.8 Å². The van der Waals surface area contributed by atoms with E-state index in [0.717, 1.165) is 30.6 Å². The van der Waals surface area contributed by atoms with Gasteiger partial charge in [-0.2, -0.15) is 0 Å². The minimum Gasteiger partial charge on any atom is -0.374 e. The second kappa shape index (κ2) is 3.54. The fourth-order valence-corrected chi connectivity index (χ4v) is 1.19. The minimum absolute atomic E-state index is 0.195. The van der Waals surface area contributed by atoms with E-state index < -0.39 is 0 Å². The van der Waals surface area contributed by atoms with Crippen LogP contribution in [0.4, 0.5) is 0 Å². The van der Waals surface area contributed by atoms with Gasteiger partial charge in [-0.25, -0.2) is 0 Å². The van der Waals surface area contributed by atoms with Crippen molar-refractivity contribution in [1.29, 1.82) is 0 Å². The van der Waals surface area contributed by atoms with Crippen LogP contribution in [0.15, 0.2) is 37.0 Å². The minimum atomic E-state index is 0.195. The van der Waals surface area contributed by atoms with Crippen LogP contribution in [0.2, 0.25) is 0 Å². The third-order valence-corrected chi connectivity index (χ3v) is 1.98. The van der Waals surface area contributed by atoms with Crippen LogP contribution in [0.3, 0.4) is 0 Å². The van der Waals surface area contributed by atoms with E-state index in [-0.39, 0.29) is 6.10 Å². The van der Waals surface area contributed by atoms with Gasteiger partial charge in [0, 0.05) is 6.61 Å². The lowest BCUT2D eigenvalue weighted by Gasteiger charge is -2.12. The zero-order valence-electron chi connectivity index (χ0n) is 6.81. The maximum Gasteiger partial charge on any atom is 0.0825 e. The standard InChI is InChI=1S/C10H14O/c1-4-8(2)9(3)10-6-5-7-11-10/h4,10H,1-3,5-7H2. The molecule has 1 aliphatic rings. The summed E-state index contributed by atoms with van der Waals surface area (Å²) in [5.74, 6) is 0. The molecule has 0 spiro atoms. The van der Waals surface area contributed by atoms with Gasteiger partial charge in [0.1, 0.15) is 0 Å². The molecule has 0 amide bonds. The number of allylic oxidation sites excluding steroid dienone is 1. The zero-order valence-corrected chi connectivity index (χ0v) is 6.81. The van der Waals surface area contributed by atoms with Crippen LogP contribution in [0, 0.1) is 0 Å². The molecule has 1 heterocycles. The highest BCUT2D eigenvalue weighted by molar-refractivity contribution is 5.37. The Labute approximate surface area is 68.1 Å². The molecule has 0 saturated carbocycles. The van der Waals surface area contributed by atoms with Crippen LogP contribution in [0.1, 0.15) is 12.8 Å². The van der Waals surface area contributed by atoms with Gasteiger partial charge in [-0.15, -0.1) is 0 Å². The molecule has 1 fully saturated rings. The summed E-state index contributed by atoms with van der Waals surface area (Å²) in [4.78, 5) is 0. The largest absolute Gasteiger partial charge is 0.374 e. The SMILES string of the molecule is C=CC(=C)C(=C)C1CCCO1. The molecular formula is C10H14O. The molecule has 1 aliphatic heterocycles. The van der Waals surface area contributed by atoms with Gasteiger partial charge < -0.3 is 4.74 Å². The van der Waals surface area contributed by atoms with E-state index >= 15 is 0 Å². The molecule has 1 rings (SSSR count). The third kappa shape index (κ3) is 1.81. The first-order chi connectivity index (χ1) is 5.25. The number of hydrogen-bond donors (Lipinski definition) is 0. The Morgan fingerprint density at radius 2 is 2.18 bits per heavy atom. The Hall–Kier alpha value is -0.820. The Morgan fingerprint density at radius 3 is 2.64 bits per heavy atom. The van der Waals surface area contributed by atoms with E-state index in [2.05, 4.69) is 19.7 Å². The van der Waals surface area contributed by atoms with Crippen LogP contribution >= 0.6 is 0 Å². The Morgan fingerprint density at radius 1 is 1.45 bits per heavy atom. The van der Waals surface area contributed by atoms with Crippen LogP contribution in [-0.2, 0) is 4.74 Å². The van der Waals surface area contributed by atoms with E-state index in [1.165, 1.54) is 0 Å². The van der Waals surface area contributed by atoms with Crippen molar-refractivity contribution in [2.75, 3.05) is 6.61 Å². The van der Waals surface area contributed by atoms with E-state index in [9.17, 15) is 0 Å². The van der Waals surface area contributed by atoms with Crippen molar-refractivity contribution in [1.82, 2.24) is 0 Å². The van der Waals surface area contributed by atoms with E-state index in [4.69, 9.17) is 4.74 Å². The van der Waals surface area contributed by atoms with Gasteiger partial charge in [0.05, 0.1) is 6.10 Å². The molecule has 0 N–H and O–H groups in total. The molecule has 0 aromatic rings. The number of rotatable bonds is 3. The fraction of sp³-hybridized carbons (Fsp3) is 0.400. The van der Waals surface area contributed by atoms with E-state index in [1.807, 2.05) is 0 Å². The molecule has 0 aromatic heterocycles. The fourth-order valence-electron chi connectivity index (χ4n) is 1.19. The number of hydrogen-bond acceptors (Lipinski definition) is 1. The molecule has 0 bridgehead atoms. The quantitative estimate of drug-likeness (QED) is 0.561. The highest BCUT2D eigenvalue weighted by Gasteiger charge is 2.18. The van der Waals surface area contributed by atoms with Gasteiger partial charge in [0.15, 0.2) is 0 Å². The van der Waals surface area contributed by atoms with Crippen molar-refractivity contribution in [3.05, 3.63) is 37.0 Å². The smallest absolute Gasteiger partial charge is 0.0825 e. The van der Waals surface area contributed by atoms with Crippen molar-refractivity contribution in [3.8, 4) is 0 Å². The van der Waals surface area contributed by atoms with Crippen LogP contribution in [-0.4, -0.2) is 12.7 Å². The predicted octanol–water partition coefficient (Wildman–Crippen LogP) is 2.46. The lowest BCUT2D eigenvalue weighted by atomic mass is 10.0. The van der Waals surface area contributed by atoms with Crippen LogP contribution in [0.25, 0.3) is 0 Å². The van der Waals surface area contributed by atoms with Gasteiger partial charge in [0.2, 0.25) is 0 Å². The average Bonchev–Trinajstić information content (AvgIpc) is 2.53. The summed E-state index contributed by atoms with van der Waals surface area (Å²) in [7, 11) is 0. The van der Waals surface area contributed by atoms with E-state index in [0.29, 0.717) is 0 Å². The van der Waals surface area contributed by atoms with Gasteiger partial charge in [-0.3, -0.25) is 0 Å². The van der Waals surface area contributed by atoms with Gasteiger partial charge in [-0.05, 0) is 24.0 Å². The lowest BCUT2D eigenvalue weighted by molar-refractivity contribution is 0.139. The van der Waals surface area contributed by atoms with Crippen LogP contribution in [0.5, 0.6) is 0 Å². The summed E-state index contributed by atoms with van der Waals surface area (Å²) in [6, 6.07) is 0. The molecule has 1 atom stereocenters. The van der Waals surface area contributed by atoms with Crippen molar-refractivity contribution in [2.24, 2.45) is 0 Å². The van der Waals surface area contributed by atoms with Crippen LogP contribution < -0.4 is 0 Å². The predicted molar refractivity (Wildman–Crippen MR) is 47.5 cm³/mol. The summed E-state index contributed by atoms with van der Waals surface area (Å²) in [5.41, 5.74) is 1.88. The highest BCUT2D eigenvalue weighted by Crippen LogP contribution is 2.23. The Bertz CT molecular complexity index is 185. The Kier molecular flexibility index (Phi) is 2.66. The topological polar surface area (TPSA) is 9.23 Å². The first-order valence-electron chi connectivity index (χ1n) is 3.88. The molecule has 0 radical (unpaired) electrons. The van der Waals surface area contributed by atoms with Crippen molar-refractivity contribution < 1.29 is 4.74 Å². The van der Waals surface area contributed by atoms with Gasteiger partial charge in [0.25, 0.3) is 0 Å². The number of ether oxygens (including phenoxy) is 1.